The van der Waals surface area contributed by atoms with E-state index in [4.69, 9.17) is 32.7 Å². The van der Waals surface area contributed by atoms with Crippen LogP contribution < -0.4 is 4.74 Å². The average Bonchev–Trinajstić information content (AvgIpc) is 3.10. The van der Waals surface area contributed by atoms with E-state index in [1.807, 2.05) is 25.1 Å². The summed E-state index contributed by atoms with van der Waals surface area (Å²) in [6, 6.07) is 10.7. The fraction of sp³-hybridized carbons (Fsp3) is 0.240. The van der Waals surface area contributed by atoms with Crippen LogP contribution in [0.5, 0.6) is 5.75 Å². The largest absolute Gasteiger partial charge is 0.506 e. The monoisotopic (exact) mass is 597 g/mol. The first-order chi connectivity index (χ1) is 16.7. The summed E-state index contributed by atoms with van der Waals surface area (Å²) >= 11 is 16.6. The first kappa shape index (κ1) is 27.3. The maximum Gasteiger partial charge on any atom is 0.344 e. The second-order valence-electron chi connectivity index (χ2n) is 7.33. The number of esters is 1. The van der Waals surface area contributed by atoms with E-state index in [0.717, 1.165) is 21.8 Å². The number of hydrogen-bond donors (Lipinski definition) is 1. The molecule has 0 saturated heterocycles. The molecule has 1 amide bonds. The van der Waals surface area contributed by atoms with Crippen molar-refractivity contribution in [1.29, 1.82) is 0 Å². The smallest absolute Gasteiger partial charge is 0.344 e. The van der Waals surface area contributed by atoms with E-state index in [9.17, 15) is 14.7 Å². The molecule has 35 heavy (non-hydrogen) atoms. The van der Waals surface area contributed by atoms with Crippen molar-refractivity contribution in [3.63, 3.8) is 0 Å². The fourth-order valence-corrected chi connectivity index (χ4v) is 4.79. The van der Waals surface area contributed by atoms with Gasteiger partial charge in [-0.1, -0.05) is 63.9 Å². The molecule has 1 N–H and O–H groups in total. The van der Waals surface area contributed by atoms with Crippen molar-refractivity contribution in [3.05, 3.63) is 78.3 Å². The van der Waals surface area contributed by atoms with Gasteiger partial charge in [0.1, 0.15) is 28.7 Å². The van der Waals surface area contributed by atoms with Crippen molar-refractivity contribution in [2.75, 3.05) is 6.61 Å². The molecule has 0 atom stereocenters. The van der Waals surface area contributed by atoms with Crippen LogP contribution in [-0.4, -0.2) is 28.6 Å². The molecule has 10 heteroatoms. The third-order valence-corrected chi connectivity index (χ3v) is 6.95. The van der Waals surface area contributed by atoms with Crippen molar-refractivity contribution in [2.45, 2.75) is 33.3 Å². The van der Waals surface area contributed by atoms with Gasteiger partial charge >= 0.3 is 5.97 Å². The van der Waals surface area contributed by atoms with Crippen molar-refractivity contribution < 1.29 is 24.2 Å². The van der Waals surface area contributed by atoms with Crippen LogP contribution >= 0.6 is 50.9 Å². The number of amides is 1. The van der Waals surface area contributed by atoms with Gasteiger partial charge in [-0.15, -0.1) is 0 Å². The number of aliphatic hydroxyl groups excluding tert-OH is 1. The Labute approximate surface area is 226 Å². The summed E-state index contributed by atoms with van der Waals surface area (Å²) < 4.78 is 11.9. The molecule has 184 valence electrons. The number of aliphatic hydroxyl groups is 1. The molecule has 0 saturated carbocycles. The number of nitrogens with zero attached hydrogens (tertiary/aromatic N) is 1. The maximum atomic E-state index is 12.5. The van der Waals surface area contributed by atoms with Crippen LogP contribution in [0.1, 0.15) is 37.8 Å². The van der Waals surface area contributed by atoms with Gasteiger partial charge in [-0.3, -0.25) is 4.79 Å². The van der Waals surface area contributed by atoms with Gasteiger partial charge in [0.25, 0.3) is 0 Å². The molecule has 0 unspecified atom stereocenters. The Morgan fingerprint density at radius 3 is 2.60 bits per heavy atom. The van der Waals surface area contributed by atoms with Crippen LogP contribution in [-0.2, 0) is 20.9 Å². The lowest BCUT2D eigenvalue weighted by molar-refractivity contribution is -0.138. The van der Waals surface area contributed by atoms with Gasteiger partial charge in [-0.05, 0) is 55.3 Å². The summed E-state index contributed by atoms with van der Waals surface area (Å²) in [5.41, 5.74) is 1.34. The zero-order valence-electron chi connectivity index (χ0n) is 18.9. The minimum atomic E-state index is -0.741. The minimum Gasteiger partial charge on any atom is -0.506 e. The molecule has 2 aromatic carbocycles. The lowest BCUT2D eigenvalue weighted by Gasteiger charge is -2.11. The number of ether oxygens (including phenoxy) is 2. The van der Waals surface area contributed by atoms with E-state index in [-0.39, 0.29) is 41.9 Å². The molecular weight excluding hydrogens is 577 g/mol. The Morgan fingerprint density at radius 1 is 1.14 bits per heavy atom. The van der Waals surface area contributed by atoms with Gasteiger partial charge in [0.05, 0.1) is 21.6 Å². The normalized spacial score (nSPS) is 15.7. The zero-order chi connectivity index (χ0) is 25.5. The number of rotatable bonds is 8. The number of carbonyl (C=O) groups excluding carboxylic acids is 2. The molecule has 0 aliphatic carbocycles. The summed E-state index contributed by atoms with van der Waals surface area (Å²) in [6.45, 7) is 3.87. The highest BCUT2D eigenvalue weighted by Gasteiger charge is 2.34. The van der Waals surface area contributed by atoms with E-state index >= 15 is 0 Å². The highest BCUT2D eigenvalue weighted by Crippen LogP contribution is 2.40. The molecule has 3 rings (SSSR count). The van der Waals surface area contributed by atoms with E-state index in [2.05, 4.69) is 20.9 Å². The first-order valence-electron chi connectivity index (χ1n) is 10.7. The zero-order valence-corrected chi connectivity index (χ0v) is 22.9. The van der Waals surface area contributed by atoms with Crippen LogP contribution in [0.4, 0.5) is 0 Å². The topological polar surface area (TPSA) is 85.2 Å². The Balaban J connectivity index is 1.96. The first-order valence-corrected chi connectivity index (χ1v) is 13.1. The van der Waals surface area contributed by atoms with Crippen molar-refractivity contribution in [2.24, 2.45) is 4.99 Å². The molecule has 0 spiro atoms. The number of thioether (sulfide) groups is 1. The van der Waals surface area contributed by atoms with Crippen molar-refractivity contribution in [3.8, 4) is 5.75 Å². The lowest BCUT2D eigenvalue weighted by atomic mass is 10.1. The molecule has 6 nitrogen and oxygen atoms in total. The molecular formula is C25H22BrCl2NO5S. The Kier molecular flexibility index (Phi) is 9.86. The molecule has 1 heterocycles. The van der Waals surface area contributed by atoms with E-state index in [1.54, 1.807) is 31.2 Å². The number of hydrogen-bond acceptors (Lipinski definition) is 6. The van der Waals surface area contributed by atoms with Gasteiger partial charge in [-0.25, -0.2) is 9.79 Å². The molecule has 0 fully saturated rings. The summed E-state index contributed by atoms with van der Waals surface area (Å²) in [5.74, 6) is -0.884. The number of benzene rings is 2. The predicted molar refractivity (Wildman–Crippen MR) is 144 cm³/mol. The fourth-order valence-electron chi connectivity index (χ4n) is 3.07. The molecule has 1 aliphatic rings. The standard InChI is InChI=1S/C25H22BrCl2NO5S/c1-3-5-21(30)29-24-22(25(32)33-4-2)23(31)20(35-24)12-15-11-16(26)7-9-19(15)34-13-14-6-8-17(27)18(28)10-14/h6-12,31H,3-5,13H2,1-2H3/b20-12-,29-24?. The second kappa shape index (κ2) is 12.6. The van der Waals surface area contributed by atoms with Crippen molar-refractivity contribution >= 4 is 73.9 Å². The summed E-state index contributed by atoms with van der Waals surface area (Å²) in [6.07, 6.45) is 2.52. The Morgan fingerprint density at radius 2 is 1.91 bits per heavy atom. The van der Waals surface area contributed by atoms with Crippen molar-refractivity contribution in [1.82, 2.24) is 0 Å². The molecule has 1 aliphatic heterocycles. The van der Waals surface area contributed by atoms with Crippen LogP contribution in [0.2, 0.25) is 10.0 Å². The Hall–Kier alpha value is -2.26. The minimum absolute atomic E-state index is 0.110. The molecule has 0 radical (unpaired) electrons. The molecule has 0 bridgehead atoms. The summed E-state index contributed by atoms with van der Waals surface area (Å²) in [5, 5.41) is 11.9. The molecule has 0 aromatic heterocycles. The lowest BCUT2D eigenvalue weighted by Crippen LogP contribution is -2.14. The third-order valence-electron chi connectivity index (χ3n) is 4.70. The van der Waals surface area contributed by atoms with Gasteiger partial charge in [0.15, 0.2) is 0 Å². The highest BCUT2D eigenvalue weighted by molar-refractivity contribution is 9.10. The van der Waals surface area contributed by atoms with Gasteiger partial charge < -0.3 is 14.6 Å². The maximum absolute atomic E-state index is 12.5. The predicted octanol–water partition coefficient (Wildman–Crippen LogP) is 7.52. The van der Waals surface area contributed by atoms with Gasteiger partial charge in [0, 0.05) is 16.5 Å². The van der Waals surface area contributed by atoms with E-state index < -0.39 is 5.97 Å². The Bertz CT molecular complexity index is 1240. The van der Waals surface area contributed by atoms with E-state index in [1.165, 1.54) is 0 Å². The van der Waals surface area contributed by atoms with Gasteiger partial charge in [0.2, 0.25) is 5.91 Å². The van der Waals surface area contributed by atoms with Crippen LogP contribution in [0.15, 0.2) is 62.1 Å². The highest BCUT2D eigenvalue weighted by atomic mass is 79.9. The quantitative estimate of drug-likeness (QED) is 0.316. The number of halogens is 3. The molecule has 2 aromatic rings. The second-order valence-corrected chi connectivity index (χ2v) is 10.1. The van der Waals surface area contributed by atoms with Crippen LogP contribution in [0.25, 0.3) is 6.08 Å². The SMILES string of the molecule is CCCC(=O)N=C1S/C(=C\c2cc(Br)ccc2OCc2ccc(Cl)c(Cl)c2)C(O)=C1C(=O)OCC. The third kappa shape index (κ3) is 7.13. The summed E-state index contributed by atoms with van der Waals surface area (Å²) in [7, 11) is 0. The average molecular weight is 599 g/mol. The van der Waals surface area contributed by atoms with Crippen LogP contribution in [0.3, 0.4) is 0 Å². The van der Waals surface area contributed by atoms with Crippen LogP contribution in [0, 0.1) is 0 Å². The number of aliphatic imine (C=N–C) groups is 1. The van der Waals surface area contributed by atoms with Gasteiger partial charge in [-0.2, -0.15) is 0 Å². The van der Waals surface area contributed by atoms with E-state index in [0.29, 0.717) is 32.7 Å². The summed E-state index contributed by atoms with van der Waals surface area (Å²) in [4.78, 5) is 29.0. The number of carbonyl (C=O) groups is 2.